The first-order chi connectivity index (χ1) is 10.1. The molecule has 0 aliphatic heterocycles. The Labute approximate surface area is 129 Å². The van der Waals surface area contributed by atoms with Crippen molar-refractivity contribution >= 4 is 17.5 Å². The molecule has 1 amide bonds. The minimum absolute atomic E-state index is 0.0487. The summed E-state index contributed by atoms with van der Waals surface area (Å²) in [6, 6.07) is 3.20. The van der Waals surface area contributed by atoms with Crippen LogP contribution in [0.5, 0.6) is 11.5 Å². The summed E-state index contributed by atoms with van der Waals surface area (Å²) in [7, 11) is 3.05. The van der Waals surface area contributed by atoms with Crippen LogP contribution in [0.25, 0.3) is 0 Å². The number of methoxy groups -OCH3 is 2. The van der Waals surface area contributed by atoms with Gasteiger partial charge in [-0.1, -0.05) is 11.6 Å². The highest BCUT2D eigenvalue weighted by atomic mass is 35.5. The standard InChI is InChI=1S/C14H21ClN2O4/c1-20-6-5-17-13(18)3-4-16-9-10-7-11(15)8-12(21-2)14(10)19/h7-8,16,19H,3-6,9H2,1-2H3,(H,17,18). The number of amides is 1. The number of carbonyl (C=O) groups excluding carboxylic acids is 1. The molecule has 118 valence electrons. The van der Waals surface area contributed by atoms with Crippen LogP contribution in [-0.2, 0) is 16.1 Å². The number of phenolic OH excluding ortho intramolecular Hbond substituents is 1. The van der Waals surface area contributed by atoms with Gasteiger partial charge in [0.25, 0.3) is 0 Å². The van der Waals surface area contributed by atoms with Crippen molar-refractivity contribution in [2.45, 2.75) is 13.0 Å². The van der Waals surface area contributed by atoms with Crippen LogP contribution >= 0.6 is 11.6 Å². The predicted octanol–water partition coefficient (Wildman–Crippen LogP) is 1.30. The summed E-state index contributed by atoms with van der Waals surface area (Å²) in [6.07, 6.45) is 0.349. The van der Waals surface area contributed by atoms with Crippen LogP contribution in [0, 0.1) is 0 Å². The van der Waals surface area contributed by atoms with Gasteiger partial charge in [-0.25, -0.2) is 0 Å². The molecule has 0 atom stereocenters. The van der Waals surface area contributed by atoms with E-state index in [2.05, 4.69) is 10.6 Å². The molecule has 0 heterocycles. The second kappa shape index (κ2) is 9.44. The molecule has 3 N–H and O–H groups in total. The van der Waals surface area contributed by atoms with E-state index in [1.54, 1.807) is 19.2 Å². The molecular weight excluding hydrogens is 296 g/mol. The van der Waals surface area contributed by atoms with Gasteiger partial charge < -0.3 is 25.2 Å². The molecular formula is C14H21ClN2O4. The van der Waals surface area contributed by atoms with E-state index in [0.717, 1.165) is 0 Å². The molecule has 21 heavy (non-hydrogen) atoms. The third-order valence-corrected chi connectivity index (χ3v) is 3.03. The predicted molar refractivity (Wildman–Crippen MR) is 80.9 cm³/mol. The Hall–Kier alpha value is -1.50. The van der Waals surface area contributed by atoms with Crippen LogP contribution in [0.4, 0.5) is 0 Å². The van der Waals surface area contributed by atoms with Crippen LogP contribution in [0.15, 0.2) is 12.1 Å². The first kappa shape index (κ1) is 17.6. The van der Waals surface area contributed by atoms with Crippen molar-refractivity contribution < 1.29 is 19.4 Å². The highest BCUT2D eigenvalue weighted by molar-refractivity contribution is 6.30. The number of phenols is 1. The molecule has 6 nitrogen and oxygen atoms in total. The maximum Gasteiger partial charge on any atom is 0.221 e. The van der Waals surface area contributed by atoms with Gasteiger partial charge in [0.05, 0.1) is 13.7 Å². The number of nitrogens with one attached hydrogen (secondary N) is 2. The lowest BCUT2D eigenvalue weighted by atomic mass is 10.2. The zero-order valence-electron chi connectivity index (χ0n) is 12.2. The van der Waals surface area contributed by atoms with Gasteiger partial charge in [-0.15, -0.1) is 0 Å². The molecule has 0 saturated carbocycles. The molecule has 0 fully saturated rings. The van der Waals surface area contributed by atoms with E-state index >= 15 is 0 Å². The number of hydrogen-bond acceptors (Lipinski definition) is 5. The molecule has 0 spiro atoms. The van der Waals surface area contributed by atoms with Crippen molar-refractivity contribution in [3.8, 4) is 11.5 Å². The Morgan fingerprint density at radius 3 is 2.76 bits per heavy atom. The first-order valence-electron chi connectivity index (χ1n) is 6.60. The average Bonchev–Trinajstić information content (AvgIpc) is 2.46. The highest BCUT2D eigenvalue weighted by Gasteiger charge is 2.09. The second-order valence-corrected chi connectivity index (χ2v) is 4.82. The average molecular weight is 317 g/mol. The SMILES string of the molecule is COCCNC(=O)CCNCc1cc(Cl)cc(OC)c1O. The quantitative estimate of drug-likeness (QED) is 0.598. The molecule has 1 aromatic rings. The van der Waals surface area contributed by atoms with Crippen LogP contribution in [0.3, 0.4) is 0 Å². The summed E-state index contributed by atoms with van der Waals surface area (Å²) in [5.74, 6) is 0.336. The normalized spacial score (nSPS) is 10.4. The lowest BCUT2D eigenvalue weighted by Crippen LogP contribution is -2.29. The van der Waals surface area contributed by atoms with Crippen molar-refractivity contribution in [3.63, 3.8) is 0 Å². The minimum Gasteiger partial charge on any atom is -0.504 e. The van der Waals surface area contributed by atoms with Crippen molar-refractivity contribution in [1.29, 1.82) is 0 Å². The van der Waals surface area contributed by atoms with Gasteiger partial charge in [0.15, 0.2) is 11.5 Å². The molecule has 0 saturated heterocycles. The van der Waals surface area contributed by atoms with Crippen molar-refractivity contribution in [2.24, 2.45) is 0 Å². The number of carbonyl (C=O) groups is 1. The Morgan fingerprint density at radius 1 is 1.33 bits per heavy atom. The molecule has 0 aromatic heterocycles. The molecule has 0 bridgehead atoms. The van der Waals surface area contributed by atoms with E-state index in [4.69, 9.17) is 21.1 Å². The number of rotatable bonds is 9. The Morgan fingerprint density at radius 2 is 2.10 bits per heavy atom. The van der Waals surface area contributed by atoms with Crippen molar-refractivity contribution in [1.82, 2.24) is 10.6 Å². The Balaban J connectivity index is 2.36. The fraction of sp³-hybridized carbons (Fsp3) is 0.500. The summed E-state index contributed by atoms with van der Waals surface area (Å²) < 4.78 is 9.87. The molecule has 1 rings (SSSR count). The van der Waals surface area contributed by atoms with E-state index in [-0.39, 0.29) is 11.7 Å². The van der Waals surface area contributed by atoms with Crippen molar-refractivity contribution in [3.05, 3.63) is 22.7 Å². The van der Waals surface area contributed by atoms with Crippen molar-refractivity contribution in [2.75, 3.05) is 33.9 Å². The van der Waals surface area contributed by atoms with Crippen LogP contribution in [0.2, 0.25) is 5.02 Å². The van der Waals surface area contributed by atoms with Gasteiger partial charge in [-0.05, 0) is 6.07 Å². The summed E-state index contributed by atoms with van der Waals surface area (Å²) in [5, 5.41) is 16.2. The van der Waals surface area contributed by atoms with Gasteiger partial charge >= 0.3 is 0 Å². The van der Waals surface area contributed by atoms with E-state index in [9.17, 15) is 9.90 Å². The van der Waals surface area contributed by atoms with Gasteiger partial charge in [0.2, 0.25) is 5.91 Å². The highest BCUT2D eigenvalue weighted by Crippen LogP contribution is 2.33. The monoisotopic (exact) mass is 316 g/mol. The van der Waals surface area contributed by atoms with Gasteiger partial charge in [-0.3, -0.25) is 4.79 Å². The summed E-state index contributed by atoms with van der Waals surface area (Å²) in [4.78, 5) is 11.5. The minimum atomic E-state index is -0.0487. The largest absolute Gasteiger partial charge is 0.504 e. The molecule has 0 radical (unpaired) electrons. The number of benzene rings is 1. The lowest BCUT2D eigenvalue weighted by Gasteiger charge is -2.11. The maximum absolute atomic E-state index is 11.5. The van der Waals surface area contributed by atoms with Crippen LogP contribution < -0.4 is 15.4 Å². The second-order valence-electron chi connectivity index (χ2n) is 4.39. The van der Waals surface area contributed by atoms with E-state index in [0.29, 0.717) is 49.0 Å². The Kier molecular flexibility index (Phi) is 7.89. The van der Waals surface area contributed by atoms with E-state index in [1.165, 1.54) is 7.11 Å². The molecule has 0 unspecified atom stereocenters. The van der Waals surface area contributed by atoms with Crippen LogP contribution in [-0.4, -0.2) is 44.9 Å². The number of hydrogen-bond donors (Lipinski definition) is 3. The summed E-state index contributed by atoms with van der Waals surface area (Å²) in [5.41, 5.74) is 0.624. The fourth-order valence-electron chi connectivity index (χ4n) is 1.72. The third-order valence-electron chi connectivity index (χ3n) is 2.81. The molecule has 1 aromatic carbocycles. The van der Waals surface area contributed by atoms with Crippen LogP contribution in [0.1, 0.15) is 12.0 Å². The summed E-state index contributed by atoms with van der Waals surface area (Å²) in [6.45, 7) is 1.89. The first-order valence-corrected chi connectivity index (χ1v) is 6.98. The topological polar surface area (TPSA) is 79.8 Å². The van der Waals surface area contributed by atoms with E-state index in [1.807, 2.05) is 0 Å². The molecule has 0 aliphatic carbocycles. The smallest absolute Gasteiger partial charge is 0.221 e. The summed E-state index contributed by atoms with van der Waals surface area (Å²) >= 11 is 5.94. The maximum atomic E-state index is 11.5. The number of ether oxygens (including phenoxy) is 2. The van der Waals surface area contributed by atoms with Gasteiger partial charge in [-0.2, -0.15) is 0 Å². The van der Waals surface area contributed by atoms with Gasteiger partial charge in [0, 0.05) is 49.8 Å². The zero-order chi connectivity index (χ0) is 15.7. The van der Waals surface area contributed by atoms with E-state index < -0.39 is 0 Å². The Bertz CT molecular complexity index is 469. The number of aromatic hydroxyl groups is 1. The lowest BCUT2D eigenvalue weighted by molar-refractivity contribution is -0.121. The third kappa shape index (κ3) is 6.20. The molecule has 7 heteroatoms. The fourth-order valence-corrected chi connectivity index (χ4v) is 1.96. The zero-order valence-corrected chi connectivity index (χ0v) is 13.0. The number of halogens is 1. The molecule has 0 aliphatic rings. The van der Waals surface area contributed by atoms with Gasteiger partial charge in [0.1, 0.15) is 0 Å².